The van der Waals surface area contributed by atoms with Crippen LogP contribution in [0.1, 0.15) is 28.8 Å². The Bertz CT molecular complexity index is 1040. The third-order valence-electron chi connectivity index (χ3n) is 5.67. The van der Waals surface area contributed by atoms with Gasteiger partial charge in [-0.05, 0) is 69.2 Å². The van der Waals surface area contributed by atoms with Crippen molar-refractivity contribution in [1.82, 2.24) is 19.6 Å². The van der Waals surface area contributed by atoms with Gasteiger partial charge < -0.3 is 10.6 Å². The number of rotatable bonds is 6. The number of halogens is 1. The minimum Gasteiger partial charge on any atom is -0.366 e. The summed E-state index contributed by atoms with van der Waals surface area (Å²) < 4.78 is 15.5. The first-order valence-electron chi connectivity index (χ1n) is 10.3. The minimum absolute atomic E-state index is 0.0951. The monoisotopic (exact) mass is 409 g/mol. The van der Waals surface area contributed by atoms with E-state index in [0.29, 0.717) is 10.9 Å². The number of primary amides is 1. The Balaban J connectivity index is 1.50. The average molecular weight is 410 g/mol. The lowest BCUT2D eigenvalue weighted by Crippen LogP contribution is -2.38. The first-order valence-corrected chi connectivity index (χ1v) is 10.3. The molecular weight excluding hydrogens is 381 g/mol. The van der Waals surface area contributed by atoms with Gasteiger partial charge in [0.15, 0.2) is 0 Å². The van der Waals surface area contributed by atoms with Crippen LogP contribution in [0.3, 0.4) is 0 Å². The highest BCUT2D eigenvalue weighted by Gasteiger charge is 2.20. The molecule has 30 heavy (non-hydrogen) atoms. The summed E-state index contributed by atoms with van der Waals surface area (Å²) in [6.07, 6.45) is 4.26. The number of amides is 1. The van der Waals surface area contributed by atoms with Crippen LogP contribution in [0.2, 0.25) is 0 Å². The van der Waals surface area contributed by atoms with Crippen molar-refractivity contribution in [3.63, 3.8) is 0 Å². The molecule has 3 aromatic rings. The van der Waals surface area contributed by atoms with Crippen molar-refractivity contribution in [1.29, 1.82) is 0 Å². The fraction of sp³-hybridized carbons (Fsp3) is 0.391. The van der Waals surface area contributed by atoms with Crippen LogP contribution in [-0.4, -0.2) is 59.2 Å². The van der Waals surface area contributed by atoms with Crippen LogP contribution >= 0.6 is 0 Å². The predicted octanol–water partition coefficient (Wildman–Crippen LogP) is 3.04. The lowest BCUT2D eigenvalue weighted by Gasteiger charge is -2.34. The van der Waals surface area contributed by atoms with Crippen molar-refractivity contribution < 1.29 is 9.18 Å². The molecule has 2 N–H and O–H groups in total. The predicted molar refractivity (Wildman–Crippen MR) is 116 cm³/mol. The Kier molecular flexibility index (Phi) is 5.83. The van der Waals surface area contributed by atoms with Gasteiger partial charge >= 0.3 is 0 Å². The molecule has 2 aromatic carbocycles. The number of hydrogen-bond acceptors (Lipinski definition) is 4. The number of likely N-dealkylation sites (tertiary alicyclic amines) is 1. The molecule has 1 saturated heterocycles. The SMILES string of the molecule is CN(C)CC1CCCN(Cc2ccc(-n3cc4cc(F)cc(C(N)=O)c4n3)cc2)C1. The maximum Gasteiger partial charge on any atom is 0.251 e. The van der Waals surface area contributed by atoms with Crippen molar-refractivity contribution in [2.24, 2.45) is 11.7 Å². The van der Waals surface area contributed by atoms with Gasteiger partial charge in [0.25, 0.3) is 5.91 Å². The van der Waals surface area contributed by atoms with Crippen molar-refractivity contribution in [2.75, 3.05) is 33.7 Å². The Morgan fingerprint density at radius 3 is 2.73 bits per heavy atom. The molecule has 0 aliphatic carbocycles. The lowest BCUT2D eigenvalue weighted by molar-refractivity contribution is 0.100. The molecule has 0 spiro atoms. The molecule has 6 nitrogen and oxygen atoms in total. The summed E-state index contributed by atoms with van der Waals surface area (Å²) in [4.78, 5) is 16.4. The summed E-state index contributed by atoms with van der Waals surface area (Å²) in [5, 5.41) is 5.01. The fourth-order valence-corrected chi connectivity index (χ4v) is 4.39. The van der Waals surface area contributed by atoms with Crippen LogP contribution in [0.5, 0.6) is 0 Å². The normalized spacial score (nSPS) is 17.7. The number of fused-ring (bicyclic) bond motifs is 1. The second-order valence-corrected chi connectivity index (χ2v) is 8.50. The lowest BCUT2D eigenvalue weighted by atomic mass is 9.97. The summed E-state index contributed by atoms with van der Waals surface area (Å²) in [5.74, 6) is -0.459. The number of benzene rings is 2. The van der Waals surface area contributed by atoms with E-state index in [1.165, 1.54) is 24.5 Å². The van der Waals surface area contributed by atoms with Gasteiger partial charge in [0.2, 0.25) is 0 Å². The van der Waals surface area contributed by atoms with Crippen molar-refractivity contribution >= 4 is 16.8 Å². The van der Waals surface area contributed by atoms with E-state index in [-0.39, 0.29) is 5.56 Å². The van der Waals surface area contributed by atoms with Gasteiger partial charge in [-0.25, -0.2) is 9.07 Å². The largest absolute Gasteiger partial charge is 0.366 e. The van der Waals surface area contributed by atoms with Gasteiger partial charge in [-0.1, -0.05) is 12.1 Å². The molecule has 7 heteroatoms. The number of nitrogens with zero attached hydrogens (tertiary/aromatic N) is 4. The van der Waals surface area contributed by atoms with E-state index in [1.54, 1.807) is 10.9 Å². The molecule has 1 atom stereocenters. The molecule has 2 heterocycles. The highest BCUT2D eigenvalue weighted by atomic mass is 19.1. The van der Waals surface area contributed by atoms with Gasteiger partial charge in [0.05, 0.1) is 11.3 Å². The third kappa shape index (κ3) is 4.52. The van der Waals surface area contributed by atoms with Gasteiger partial charge in [0.1, 0.15) is 11.3 Å². The number of carbonyl (C=O) groups excluding carboxylic acids is 1. The van der Waals surface area contributed by atoms with Crippen molar-refractivity contribution in [3.8, 4) is 5.69 Å². The van der Waals surface area contributed by atoms with Crippen LogP contribution < -0.4 is 5.73 Å². The van der Waals surface area contributed by atoms with E-state index in [4.69, 9.17) is 5.73 Å². The highest BCUT2D eigenvalue weighted by molar-refractivity contribution is 6.04. The second kappa shape index (κ2) is 8.53. The number of aromatic nitrogens is 2. The molecule has 1 aliphatic heterocycles. The Labute approximate surface area is 176 Å². The standard InChI is InChI=1S/C23H28FN5O/c1-27(2)12-17-4-3-9-28(14-17)13-16-5-7-20(8-6-16)29-15-18-10-19(24)11-21(23(25)30)22(18)26-29/h5-8,10-11,15,17H,3-4,9,12-14H2,1-2H3,(H2,25,30). The minimum atomic E-state index is -0.686. The third-order valence-corrected chi connectivity index (χ3v) is 5.67. The molecule has 4 rings (SSSR count). The maximum absolute atomic E-state index is 13.8. The summed E-state index contributed by atoms with van der Waals surface area (Å²) in [6.45, 7) is 4.34. The smallest absolute Gasteiger partial charge is 0.251 e. The zero-order chi connectivity index (χ0) is 21.3. The van der Waals surface area contributed by atoms with Crippen LogP contribution in [0.15, 0.2) is 42.6 Å². The number of hydrogen-bond donors (Lipinski definition) is 1. The van der Waals surface area contributed by atoms with Crippen molar-refractivity contribution in [3.05, 3.63) is 59.5 Å². The van der Waals surface area contributed by atoms with Gasteiger partial charge in [-0.2, -0.15) is 5.10 Å². The van der Waals surface area contributed by atoms with Crippen LogP contribution in [0, 0.1) is 11.7 Å². The van der Waals surface area contributed by atoms with E-state index in [0.717, 1.165) is 43.9 Å². The summed E-state index contributed by atoms with van der Waals surface area (Å²) in [6, 6.07) is 10.7. The van der Waals surface area contributed by atoms with Crippen molar-refractivity contribution in [2.45, 2.75) is 19.4 Å². The Hall–Kier alpha value is -2.77. The average Bonchev–Trinajstić information content (AvgIpc) is 3.11. The molecule has 1 amide bonds. The first kappa shape index (κ1) is 20.5. The molecule has 1 unspecified atom stereocenters. The summed E-state index contributed by atoms with van der Waals surface area (Å²) in [5.41, 5.74) is 8.00. The number of piperidine rings is 1. The topological polar surface area (TPSA) is 67.4 Å². The molecule has 1 aromatic heterocycles. The summed E-state index contributed by atoms with van der Waals surface area (Å²) >= 11 is 0. The molecule has 0 bridgehead atoms. The Morgan fingerprint density at radius 1 is 1.27 bits per heavy atom. The second-order valence-electron chi connectivity index (χ2n) is 8.50. The Morgan fingerprint density at radius 2 is 2.03 bits per heavy atom. The summed E-state index contributed by atoms with van der Waals surface area (Å²) in [7, 11) is 4.27. The molecule has 1 aliphatic rings. The molecule has 1 fully saturated rings. The molecular formula is C23H28FN5O. The molecule has 158 valence electrons. The fourth-order valence-electron chi connectivity index (χ4n) is 4.39. The quantitative estimate of drug-likeness (QED) is 0.680. The molecule has 0 saturated carbocycles. The zero-order valence-corrected chi connectivity index (χ0v) is 17.5. The van der Waals surface area contributed by atoms with Gasteiger partial charge in [-0.15, -0.1) is 0 Å². The van der Waals surface area contributed by atoms with E-state index < -0.39 is 11.7 Å². The van der Waals surface area contributed by atoms with Gasteiger partial charge in [0, 0.05) is 31.2 Å². The van der Waals surface area contributed by atoms with Crippen LogP contribution in [-0.2, 0) is 6.54 Å². The molecule has 0 radical (unpaired) electrons. The van der Waals surface area contributed by atoms with Gasteiger partial charge in [-0.3, -0.25) is 9.69 Å². The maximum atomic E-state index is 13.8. The van der Waals surface area contributed by atoms with Crippen LogP contribution in [0.4, 0.5) is 4.39 Å². The number of nitrogens with two attached hydrogens (primary N) is 1. The van der Waals surface area contributed by atoms with E-state index in [9.17, 15) is 9.18 Å². The van der Waals surface area contributed by atoms with Crippen LogP contribution in [0.25, 0.3) is 16.6 Å². The zero-order valence-electron chi connectivity index (χ0n) is 17.5. The van der Waals surface area contributed by atoms with E-state index >= 15 is 0 Å². The van der Waals surface area contributed by atoms with E-state index in [2.05, 4.69) is 41.1 Å². The number of carbonyl (C=O) groups is 1. The highest BCUT2D eigenvalue weighted by Crippen LogP contribution is 2.23. The first-order chi connectivity index (χ1) is 14.4. The van der Waals surface area contributed by atoms with E-state index in [1.807, 2.05) is 12.1 Å².